The zero-order valence-electron chi connectivity index (χ0n) is 10.7. The van der Waals surface area contributed by atoms with Crippen LogP contribution in [0.3, 0.4) is 0 Å². The summed E-state index contributed by atoms with van der Waals surface area (Å²) in [6.07, 6.45) is 0.723. The minimum absolute atomic E-state index is 0.144. The van der Waals surface area contributed by atoms with Crippen LogP contribution in [0.4, 0.5) is 0 Å². The van der Waals surface area contributed by atoms with E-state index in [4.69, 9.17) is 4.74 Å². The van der Waals surface area contributed by atoms with E-state index < -0.39 is 17.2 Å². The van der Waals surface area contributed by atoms with E-state index in [0.29, 0.717) is 12.5 Å². The molecule has 100 valence electrons. The first-order valence-electron chi connectivity index (χ1n) is 5.84. The molecule has 0 aliphatic heterocycles. The van der Waals surface area contributed by atoms with Gasteiger partial charge in [-0.2, -0.15) is 5.10 Å². The van der Waals surface area contributed by atoms with Crippen LogP contribution in [0.25, 0.3) is 0 Å². The van der Waals surface area contributed by atoms with E-state index >= 15 is 0 Å². The van der Waals surface area contributed by atoms with Gasteiger partial charge in [0, 0.05) is 6.54 Å². The molecule has 7 nitrogen and oxygen atoms in total. The van der Waals surface area contributed by atoms with Gasteiger partial charge in [0.15, 0.2) is 0 Å². The topological polar surface area (TPSA) is 94.0 Å². The highest BCUT2D eigenvalue weighted by atomic mass is 16.5. The molecule has 0 saturated heterocycles. The van der Waals surface area contributed by atoms with Crippen LogP contribution < -0.4 is 11.2 Å². The molecular formula is C11H17N3O4. The lowest BCUT2D eigenvalue weighted by Crippen LogP contribution is -2.37. The van der Waals surface area contributed by atoms with Crippen LogP contribution in [0.1, 0.15) is 37.7 Å². The van der Waals surface area contributed by atoms with Crippen LogP contribution >= 0.6 is 0 Å². The minimum Gasteiger partial charge on any atom is -0.461 e. The van der Waals surface area contributed by atoms with Crippen molar-refractivity contribution < 1.29 is 9.53 Å². The molecule has 0 fully saturated rings. The molecule has 0 aliphatic carbocycles. The molecule has 18 heavy (non-hydrogen) atoms. The van der Waals surface area contributed by atoms with Gasteiger partial charge in [-0.25, -0.2) is 14.3 Å². The molecule has 1 N–H and O–H groups in total. The summed E-state index contributed by atoms with van der Waals surface area (Å²) in [6.45, 7) is 6.12. The summed E-state index contributed by atoms with van der Waals surface area (Å²) >= 11 is 0. The predicted molar refractivity (Wildman–Crippen MR) is 64.5 cm³/mol. The van der Waals surface area contributed by atoms with Crippen molar-refractivity contribution in [2.75, 3.05) is 6.61 Å². The Hall–Kier alpha value is -1.92. The zero-order chi connectivity index (χ0) is 13.7. The number of hydrogen-bond donors (Lipinski definition) is 1. The molecule has 1 aromatic rings. The first kappa shape index (κ1) is 14.1. The molecule has 1 aromatic heterocycles. The lowest BCUT2D eigenvalue weighted by Gasteiger charge is -2.07. The monoisotopic (exact) mass is 255 g/mol. The summed E-state index contributed by atoms with van der Waals surface area (Å²) in [6, 6.07) is 0. The number of nitrogens with one attached hydrogen (secondary N) is 1. The maximum absolute atomic E-state index is 11.5. The van der Waals surface area contributed by atoms with Gasteiger partial charge in [0.2, 0.25) is 5.69 Å². The summed E-state index contributed by atoms with van der Waals surface area (Å²) < 4.78 is 5.77. The number of nitrogens with zero attached hydrogens (tertiary/aromatic N) is 2. The van der Waals surface area contributed by atoms with Gasteiger partial charge in [0.1, 0.15) is 0 Å². The third-order valence-corrected chi connectivity index (χ3v) is 2.28. The van der Waals surface area contributed by atoms with Crippen LogP contribution in [-0.4, -0.2) is 27.3 Å². The number of carbonyl (C=O) groups is 1. The van der Waals surface area contributed by atoms with Gasteiger partial charge in [0.25, 0.3) is 5.56 Å². The maximum atomic E-state index is 11.5. The average Bonchev–Trinajstić information content (AvgIpc) is 2.27. The van der Waals surface area contributed by atoms with Crippen molar-refractivity contribution in [2.45, 2.75) is 33.7 Å². The molecule has 0 amide bonds. The fourth-order valence-electron chi connectivity index (χ4n) is 1.30. The van der Waals surface area contributed by atoms with Gasteiger partial charge < -0.3 is 4.74 Å². The van der Waals surface area contributed by atoms with E-state index in [2.05, 4.69) is 10.1 Å². The molecule has 7 heteroatoms. The predicted octanol–water partition coefficient (Wildman–Crippen LogP) is 0.154. The normalized spacial score (nSPS) is 10.7. The number of aromatic nitrogens is 3. The average molecular weight is 255 g/mol. The number of rotatable bonds is 5. The SMILES string of the molecule is CCOC(=O)c1nn(CCC(C)C)c(=O)[nH]c1=O. The van der Waals surface area contributed by atoms with Gasteiger partial charge in [-0.05, 0) is 19.3 Å². The van der Waals surface area contributed by atoms with Gasteiger partial charge in [-0.3, -0.25) is 9.78 Å². The fourth-order valence-corrected chi connectivity index (χ4v) is 1.30. The molecule has 0 spiro atoms. The molecule has 0 aliphatic rings. The van der Waals surface area contributed by atoms with Crippen molar-refractivity contribution in [3.8, 4) is 0 Å². The highest BCUT2D eigenvalue weighted by Crippen LogP contribution is 1.99. The summed E-state index contributed by atoms with van der Waals surface area (Å²) in [5.41, 5.74) is -1.83. The second-order valence-electron chi connectivity index (χ2n) is 4.23. The number of aryl methyl sites for hydroxylation is 1. The van der Waals surface area contributed by atoms with Crippen molar-refractivity contribution in [1.82, 2.24) is 14.8 Å². The number of carbonyl (C=O) groups excluding carboxylic acids is 1. The largest absolute Gasteiger partial charge is 0.461 e. The Kier molecular flexibility index (Phi) is 4.82. The van der Waals surface area contributed by atoms with Crippen LogP contribution in [0.5, 0.6) is 0 Å². The van der Waals surface area contributed by atoms with Crippen molar-refractivity contribution in [2.24, 2.45) is 5.92 Å². The van der Waals surface area contributed by atoms with Crippen molar-refractivity contribution in [3.63, 3.8) is 0 Å². The second kappa shape index (κ2) is 6.13. The van der Waals surface area contributed by atoms with Crippen LogP contribution in [0, 0.1) is 5.92 Å². The molecule has 0 radical (unpaired) electrons. The molecule has 0 unspecified atom stereocenters. The maximum Gasteiger partial charge on any atom is 0.364 e. The Morgan fingerprint density at radius 3 is 2.67 bits per heavy atom. The van der Waals surface area contributed by atoms with E-state index in [1.807, 2.05) is 13.8 Å². The second-order valence-corrected chi connectivity index (χ2v) is 4.23. The van der Waals surface area contributed by atoms with Crippen molar-refractivity contribution in [1.29, 1.82) is 0 Å². The van der Waals surface area contributed by atoms with Crippen LogP contribution in [0.2, 0.25) is 0 Å². The summed E-state index contributed by atoms with van der Waals surface area (Å²) in [5.74, 6) is -0.436. The van der Waals surface area contributed by atoms with Gasteiger partial charge in [0.05, 0.1) is 6.61 Å². The Bertz CT molecular complexity index is 530. The number of H-pyrrole nitrogens is 1. The standard InChI is InChI=1S/C11H17N3O4/c1-4-18-10(16)8-9(15)12-11(17)14(13-8)6-5-7(2)3/h7H,4-6H2,1-3H3,(H,12,15,17). The Morgan fingerprint density at radius 2 is 2.11 bits per heavy atom. The van der Waals surface area contributed by atoms with E-state index in [1.165, 1.54) is 0 Å². The first-order valence-corrected chi connectivity index (χ1v) is 5.84. The van der Waals surface area contributed by atoms with Crippen molar-refractivity contribution in [3.05, 3.63) is 26.5 Å². The smallest absolute Gasteiger partial charge is 0.364 e. The Labute approximate surface area is 104 Å². The molecular weight excluding hydrogens is 238 g/mol. The zero-order valence-corrected chi connectivity index (χ0v) is 10.7. The molecule has 0 saturated carbocycles. The minimum atomic E-state index is -0.822. The Balaban J connectivity index is 3.06. The molecule has 0 atom stereocenters. The number of esters is 1. The lowest BCUT2D eigenvalue weighted by atomic mass is 10.1. The highest BCUT2D eigenvalue weighted by Gasteiger charge is 2.16. The third-order valence-electron chi connectivity index (χ3n) is 2.28. The van der Waals surface area contributed by atoms with Crippen LogP contribution in [0.15, 0.2) is 9.59 Å². The summed E-state index contributed by atoms with van der Waals surface area (Å²) in [5, 5.41) is 3.75. The number of hydrogen-bond acceptors (Lipinski definition) is 5. The third kappa shape index (κ3) is 3.54. The first-order chi connectivity index (χ1) is 8.45. The van der Waals surface area contributed by atoms with Gasteiger partial charge >= 0.3 is 11.7 Å². The van der Waals surface area contributed by atoms with Gasteiger partial charge in [-0.15, -0.1) is 0 Å². The van der Waals surface area contributed by atoms with E-state index in [0.717, 1.165) is 11.1 Å². The Morgan fingerprint density at radius 1 is 1.44 bits per heavy atom. The summed E-state index contributed by atoms with van der Waals surface area (Å²) in [4.78, 5) is 36.4. The summed E-state index contributed by atoms with van der Waals surface area (Å²) in [7, 11) is 0. The lowest BCUT2D eigenvalue weighted by molar-refractivity contribution is 0.0513. The van der Waals surface area contributed by atoms with E-state index in [-0.39, 0.29) is 12.3 Å². The van der Waals surface area contributed by atoms with Gasteiger partial charge in [-0.1, -0.05) is 13.8 Å². The molecule has 1 heterocycles. The van der Waals surface area contributed by atoms with Crippen LogP contribution in [-0.2, 0) is 11.3 Å². The highest BCUT2D eigenvalue weighted by molar-refractivity contribution is 5.86. The molecule has 0 aromatic carbocycles. The van der Waals surface area contributed by atoms with E-state index in [9.17, 15) is 14.4 Å². The van der Waals surface area contributed by atoms with E-state index in [1.54, 1.807) is 6.92 Å². The fraction of sp³-hybridized carbons (Fsp3) is 0.636. The molecule has 0 bridgehead atoms. The number of ether oxygens (including phenoxy) is 1. The quantitative estimate of drug-likeness (QED) is 0.756. The van der Waals surface area contributed by atoms with Crippen molar-refractivity contribution >= 4 is 5.97 Å². The molecule has 1 rings (SSSR count). The number of aromatic amines is 1.